The zero-order valence-corrected chi connectivity index (χ0v) is 19.1. The maximum absolute atomic E-state index is 12.4. The fourth-order valence-corrected chi connectivity index (χ4v) is 3.42. The molecule has 2 aromatic carbocycles. The number of nitrogens with zero attached hydrogens (tertiary/aromatic N) is 1. The van der Waals surface area contributed by atoms with Crippen LogP contribution in [0.25, 0.3) is 0 Å². The van der Waals surface area contributed by atoms with E-state index in [1.165, 1.54) is 7.11 Å². The second kappa shape index (κ2) is 13.6. The lowest BCUT2D eigenvalue weighted by molar-refractivity contribution is -0.140. The van der Waals surface area contributed by atoms with E-state index in [0.717, 1.165) is 29.8 Å². The standard InChI is InChI=1S/C24H30N2O5.ClH/c1-29-23(27)12-9-19-7-10-22(11-8-19)30-16-13-21-17-26(15-14-25-21)24(28)31-18-20-5-3-2-4-6-20;/h2-8,10-11,21,25H,9,12-18H2,1H3;1H/t21-;/m1./s1. The molecule has 0 radical (unpaired) electrons. The number of halogens is 1. The van der Waals surface area contributed by atoms with Crippen molar-refractivity contribution >= 4 is 24.5 Å². The van der Waals surface area contributed by atoms with Gasteiger partial charge in [-0.15, -0.1) is 12.4 Å². The molecule has 0 spiro atoms. The van der Waals surface area contributed by atoms with Crippen LogP contribution < -0.4 is 10.1 Å². The van der Waals surface area contributed by atoms with Crippen LogP contribution in [0.15, 0.2) is 54.6 Å². The van der Waals surface area contributed by atoms with Crippen LogP contribution in [0.2, 0.25) is 0 Å². The Balaban J connectivity index is 0.00000363. The highest BCUT2D eigenvalue weighted by Gasteiger charge is 2.24. The van der Waals surface area contributed by atoms with Crippen molar-refractivity contribution in [3.63, 3.8) is 0 Å². The smallest absolute Gasteiger partial charge is 0.410 e. The van der Waals surface area contributed by atoms with Crippen molar-refractivity contribution in [1.29, 1.82) is 0 Å². The number of aryl methyl sites for hydroxylation is 1. The topological polar surface area (TPSA) is 77.1 Å². The van der Waals surface area contributed by atoms with Crippen molar-refractivity contribution in [1.82, 2.24) is 10.2 Å². The fraction of sp³-hybridized carbons (Fsp3) is 0.417. The van der Waals surface area contributed by atoms with Gasteiger partial charge in [0.2, 0.25) is 0 Å². The van der Waals surface area contributed by atoms with E-state index in [1.54, 1.807) is 4.90 Å². The number of ether oxygens (including phenoxy) is 3. The van der Waals surface area contributed by atoms with Crippen LogP contribution in [0.1, 0.15) is 24.0 Å². The first kappa shape index (κ1) is 25.5. The molecule has 8 heteroatoms. The van der Waals surface area contributed by atoms with Crippen molar-refractivity contribution in [3.05, 3.63) is 65.7 Å². The second-order valence-electron chi connectivity index (χ2n) is 7.49. The number of piperazine rings is 1. The molecule has 32 heavy (non-hydrogen) atoms. The minimum absolute atomic E-state index is 0. The molecule has 0 aliphatic carbocycles. The van der Waals surface area contributed by atoms with E-state index in [1.807, 2.05) is 54.6 Å². The Morgan fingerprint density at radius 3 is 2.53 bits per heavy atom. The maximum atomic E-state index is 12.4. The Morgan fingerprint density at radius 1 is 1.06 bits per heavy atom. The summed E-state index contributed by atoms with van der Waals surface area (Å²) in [4.78, 5) is 25.3. The molecule has 1 saturated heterocycles. The summed E-state index contributed by atoms with van der Waals surface area (Å²) in [5.74, 6) is 0.579. The SMILES string of the molecule is COC(=O)CCc1ccc(OCC[C@@H]2CN(C(=O)OCc3ccccc3)CCN2)cc1.Cl. The maximum Gasteiger partial charge on any atom is 0.410 e. The predicted molar refractivity (Wildman–Crippen MR) is 124 cm³/mol. The van der Waals surface area contributed by atoms with E-state index in [9.17, 15) is 9.59 Å². The van der Waals surface area contributed by atoms with Crippen LogP contribution in [0.3, 0.4) is 0 Å². The molecule has 174 valence electrons. The molecule has 3 rings (SSSR count). The normalized spacial score (nSPS) is 15.4. The minimum Gasteiger partial charge on any atom is -0.494 e. The first-order valence-electron chi connectivity index (χ1n) is 10.6. The lowest BCUT2D eigenvalue weighted by atomic mass is 10.1. The molecule has 1 heterocycles. The van der Waals surface area contributed by atoms with Crippen LogP contribution in [-0.2, 0) is 27.3 Å². The summed E-state index contributed by atoms with van der Waals surface area (Å²) in [5, 5.41) is 3.43. The van der Waals surface area contributed by atoms with Gasteiger partial charge in [-0.3, -0.25) is 4.79 Å². The van der Waals surface area contributed by atoms with Gasteiger partial charge in [0.15, 0.2) is 0 Å². The highest BCUT2D eigenvalue weighted by Crippen LogP contribution is 2.15. The molecule has 1 N–H and O–H groups in total. The summed E-state index contributed by atoms with van der Waals surface area (Å²) >= 11 is 0. The Morgan fingerprint density at radius 2 is 1.81 bits per heavy atom. The van der Waals surface area contributed by atoms with Crippen molar-refractivity contribution in [3.8, 4) is 5.75 Å². The molecule has 1 fully saturated rings. The number of rotatable bonds is 9. The van der Waals surface area contributed by atoms with Crippen molar-refractivity contribution < 1.29 is 23.8 Å². The van der Waals surface area contributed by atoms with Crippen molar-refractivity contribution in [2.45, 2.75) is 31.9 Å². The van der Waals surface area contributed by atoms with Crippen LogP contribution in [0, 0.1) is 0 Å². The Labute approximate surface area is 195 Å². The molecular formula is C24H31ClN2O5. The highest BCUT2D eigenvalue weighted by molar-refractivity contribution is 5.85. The molecule has 1 amide bonds. The van der Waals surface area contributed by atoms with E-state index >= 15 is 0 Å². The third-order valence-electron chi connectivity index (χ3n) is 5.22. The molecule has 2 aromatic rings. The van der Waals surface area contributed by atoms with Crippen LogP contribution in [-0.4, -0.2) is 56.4 Å². The lowest BCUT2D eigenvalue weighted by Crippen LogP contribution is -2.53. The van der Waals surface area contributed by atoms with Gasteiger partial charge in [-0.1, -0.05) is 42.5 Å². The summed E-state index contributed by atoms with van der Waals surface area (Å²) in [6.45, 7) is 2.81. The monoisotopic (exact) mass is 462 g/mol. The zero-order chi connectivity index (χ0) is 21.9. The van der Waals surface area contributed by atoms with Crippen LogP contribution >= 0.6 is 12.4 Å². The van der Waals surface area contributed by atoms with Gasteiger partial charge < -0.3 is 24.4 Å². The van der Waals surface area contributed by atoms with Crippen molar-refractivity contribution in [2.24, 2.45) is 0 Å². The van der Waals surface area contributed by atoms with Crippen molar-refractivity contribution in [2.75, 3.05) is 33.4 Å². The molecule has 0 aromatic heterocycles. The Hall–Kier alpha value is -2.77. The Bertz CT molecular complexity index is 832. The molecule has 0 saturated carbocycles. The van der Waals surface area contributed by atoms with Gasteiger partial charge in [0.25, 0.3) is 0 Å². The average molecular weight is 463 g/mol. The third kappa shape index (κ3) is 8.40. The van der Waals surface area contributed by atoms with Gasteiger partial charge in [-0.2, -0.15) is 0 Å². The lowest BCUT2D eigenvalue weighted by Gasteiger charge is -2.33. The van der Waals surface area contributed by atoms with Gasteiger partial charge in [0.05, 0.1) is 13.7 Å². The van der Waals surface area contributed by atoms with E-state index < -0.39 is 0 Å². The third-order valence-corrected chi connectivity index (χ3v) is 5.22. The molecular weight excluding hydrogens is 432 g/mol. The summed E-state index contributed by atoms with van der Waals surface area (Å²) in [5.41, 5.74) is 2.05. The van der Waals surface area contributed by atoms with E-state index in [0.29, 0.717) is 32.5 Å². The largest absolute Gasteiger partial charge is 0.494 e. The highest BCUT2D eigenvalue weighted by atomic mass is 35.5. The molecule has 1 aliphatic heterocycles. The number of hydrogen-bond acceptors (Lipinski definition) is 6. The number of hydrogen-bond donors (Lipinski definition) is 1. The molecule has 7 nitrogen and oxygen atoms in total. The summed E-state index contributed by atoms with van der Waals surface area (Å²) in [6.07, 6.45) is 1.52. The van der Waals surface area contributed by atoms with E-state index in [-0.39, 0.29) is 37.1 Å². The van der Waals surface area contributed by atoms with Crippen LogP contribution in [0.5, 0.6) is 5.75 Å². The molecule has 1 aliphatic rings. The number of carbonyl (C=O) groups is 2. The van der Waals surface area contributed by atoms with Gasteiger partial charge >= 0.3 is 12.1 Å². The first-order chi connectivity index (χ1) is 15.1. The summed E-state index contributed by atoms with van der Waals surface area (Å²) in [6, 6.07) is 17.6. The average Bonchev–Trinajstić information content (AvgIpc) is 2.82. The van der Waals surface area contributed by atoms with Gasteiger partial charge in [0, 0.05) is 32.1 Å². The molecule has 0 unspecified atom stereocenters. The fourth-order valence-electron chi connectivity index (χ4n) is 3.42. The number of nitrogens with one attached hydrogen (secondary N) is 1. The second-order valence-corrected chi connectivity index (χ2v) is 7.49. The van der Waals surface area contributed by atoms with Gasteiger partial charge in [-0.05, 0) is 36.1 Å². The van der Waals surface area contributed by atoms with Crippen LogP contribution in [0.4, 0.5) is 4.79 Å². The van der Waals surface area contributed by atoms with E-state index in [4.69, 9.17) is 9.47 Å². The minimum atomic E-state index is -0.279. The van der Waals surface area contributed by atoms with E-state index in [2.05, 4.69) is 10.1 Å². The number of methoxy groups -OCH3 is 1. The van der Waals surface area contributed by atoms with Gasteiger partial charge in [0.1, 0.15) is 12.4 Å². The quantitative estimate of drug-likeness (QED) is 0.574. The van der Waals surface area contributed by atoms with Gasteiger partial charge in [-0.25, -0.2) is 4.79 Å². The number of benzene rings is 2. The zero-order valence-electron chi connectivity index (χ0n) is 18.3. The molecule has 1 atom stereocenters. The Kier molecular flexibility index (Phi) is 10.8. The predicted octanol–water partition coefficient (Wildman–Crippen LogP) is 3.59. The number of carbonyl (C=O) groups excluding carboxylic acids is 2. The first-order valence-corrected chi connectivity index (χ1v) is 10.6. The molecule has 0 bridgehead atoms. The number of amides is 1. The summed E-state index contributed by atoms with van der Waals surface area (Å²) < 4.78 is 15.9. The summed E-state index contributed by atoms with van der Waals surface area (Å²) in [7, 11) is 1.40. The number of esters is 1.